The number of rotatable bonds is 4. The molecule has 1 saturated carbocycles. The number of hydrogen-bond acceptors (Lipinski definition) is 3. The van der Waals surface area contributed by atoms with Crippen molar-refractivity contribution in [2.75, 3.05) is 0 Å². The summed E-state index contributed by atoms with van der Waals surface area (Å²) in [6.45, 7) is 3.34. The monoisotopic (exact) mass is 333 g/mol. The Labute approximate surface area is 128 Å². The minimum Gasteiger partial charge on any atom is -0.349 e. The average Bonchev–Trinajstić information content (AvgIpc) is 2.27. The Morgan fingerprint density at radius 3 is 2.52 bits per heavy atom. The third-order valence-electron chi connectivity index (χ3n) is 4.05. The maximum absolute atomic E-state index is 13.6. The van der Waals surface area contributed by atoms with E-state index < -0.39 is 20.8 Å². The molecule has 0 radical (unpaired) electrons. The van der Waals surface area contributed by atoms with Gasteiger partial charge in [-0.2, -0.15) is 0 Å². The Kier molecular flexibility index (Phi) is 4.58. The predicted octanol–water partition coefficient (Wildman–Crippen LogP) is 2.98. The van der Waals surface area contributed by atoms with Crippen LogP contribution in [0, 0.1) is 18.7 Å². The van der Waals surface area contributed by atoms with Gasteiger partial charge < -0.3 is 5.32 Å². The summed E-state index contributed by atoms with van der Waals surface area (Å²) in [5, 5.41) is 2.80. The SMILES string of the molecule is Cc1c(C(=O)NC(C)C2CCC2)cc(F)cc1S(=O)(=O)Cl. The van der Waals surface area contributed by atoms with Gasteiger partial charge in [0.2, 0.25) is 0 Å². The van der Waals surface area contributed by atoms with Gasteiger partial charge in [-0.3, -0.25) is 4.79 Å². The molecule has 0 aliphatic heterocycles. The summed E-state index contributed by atoms with van der Waals surface area (Å²) in [6.07, 6.45) is 3.27. The smallest absolute Gasteiger partial charge is 0.261 e. The number of nitrogens with one attached hydrogen (secondary N) is 1. The average molecular weight is 334 g/mol. The molecule has 0 bridgehead atoms. The lowest BCUT2D eigenvalue weighted by Gasteiger charge is -2.32. The van der Waals surface area contributed by atoms with Crippen molar-refractivity contribution in [3.8, 4) is 0 Å². The molecule has 7 heteroatoms. The van der Waals surface area contributed by atoms with Crippen molar-refractivity contribution in [3.63, 3.8) is 0 Å². The zero-order valence-electron chi connectivity index (χ0n) is 11.8. The van der Waals surface area contributed by atoms with Crippen LogP contribution in [0.3, 0.4) is 0 Å². The van der Waals surface area contributed by atoms with Crippen molar-refractivity contribution in [2.45, 2.75) is 44.0 Å². The van der Waals surface area contributed by atoms with Crippen LogP contribution in [-0.2, 0) is 9.05 Å². The predicted molar refractivity (Wildman–Crippen MR) is 78.4 cm³/mol. The van der Waals surface area contributed by atoms with Crippen LogP contribution in [0.15, 0.2) is 17.0 Å². The molecule has 1 aromatic rings. The highest BCUT2D eigenvalue weighted by atomic mass is 35.7. The number of amides is 1. The third-order valence-corrected chi connectivity index (χ3v) is 5.50. The van der Waals surface area contributed by atoms with E-state index in [1.807, 2.05) is 6.92 Å². The summed E-state index contributed by atoms with van der Waals surface area (Å²) in [5.74, 6) is -0.853. The molecule has 1 fully saturated rings. The van der Waals surface area contributed by atoms with Crippen LogP contribution < -0.4 is 5.32 Å². The molecule has 1 unspecified atom stereocenters. The molecule has 1 amide bonds. The molecule has 0 heterocycles. The van der Waals surface area contributed by atoms with E-state index in [0.29, 0.717) is 5.92 Å². The maximum Gasteiger partial charge on any atom is 0.261 e. The lowest BCUT2D eigenvalue weighted by atomic mass is 9.80. The van der Waals surface area contributed by atoms with Crippen molar-refractivity contribution < 1.29 is 17.6 Å². The minimum atomic E-state index is -4.10. The molecule has 0 spiro atoms. The zero-order valence-corrected chi connectivity index (χ0v) is 13.4. The van der Waals surface area contributed by atoms with E-state index in [-0.39, 0.29) is 22.1 Å². The Morgan fingerprint density at radius 2 is 2.05 bits per heavy atom. The first-order valence-corrected chi connectivity index (χ1v) is 9.06. The van der Waals surface area contributed by atoms with Crippen molar-refractivity contribution in [3.05, 3.63) is 29.1 Å². The first-order valence-electron chi connectivity index (χ1n) is 6.76. The van der Waals surface area contributed by atoms with E-state index in [9.17, 15) is 17.6 Å². The lowest BCUT2D eigenvalue weighted by Crippen LogP contribution is -2.41. The fourth-order valence-corrected chi connectivity index (χ4v) is 3.70. The van der Waals surface area contributed by atoms with E-state index in [1.54, 1.807) is 0 Å². The maximum atomic E-state index is 13.6. The van der Waals surface area contributed by atoms with Gasteiger partial charge in [0.25, 0.3) is 15.0 Å². The van der Waals surface area contributed by atoms with Gasteiger partial charge in [0, 0.05) is 22.3 Å². The van der Waals surface area contributed by atoms with Gasteiger partial charge >= 0.3 is 0 Å². The van der Waals surface area contributed by atoms with Crippen LogP contribution in [0.1, 0.15) is 42.1 Å². The molecule has 1 aliphatic rings. The van der Waals surface area contributed by atoms with Gasteiger partial charge in [0.15, 0.2) is 0 Å². The number of hydrogen-bond donors (Lipinski definition) is 1. The van der Waals surface area contributed by atoms with Crippen molar-refractivity contribution >= 4 is 25.6 Å². The van der Waals surface area contributed by atoms with Crippen molar-refractivity contribution in [1.29, 1.82) is 0 Å². The normalized spacial score (nSPS) is 17.1. The van der Waals surface area contributed by atoms with Gasteiger partial charge in [-0.1, -0.05) is 6.42 Å². The number of carbonyl (C=O) groups is 1. The standard InChI is InChI=1S/C14H17ClFNO3S/c1-8-12(6-11(16)7-13(8)21(15,19)20)14(18)17-9(2)10-4-3-5-10/h6-7,9-10H,3-5H2,1-2H3,(H,17,18). The third kappa shape index (κ3) is 3.55. The Morgan fingerprint density at radius 1 is 1.43 bits per heavy atom. The molecule has 1 aliphatic carbocycles. The van der Waals surface area contributed by atoms with Gasteiger partial charge in [0.1, 0.15) is 5.82 Å². The highest BCUT2D eigenvalue weighted by molar-refractivity contribution is 8.13. The second-order valence-corrected chi connectivity index (χ2v) is 8.00. The van der Waals surface area contributed by atoms with Gasteiger partial charge in [-0.15, -0.1) is 0 Å². The summed E-state index contributed by atoms with van der Waals surface area (Å²) in [5.41, 5.74) is 0.158. The van der Waals surface area contributed by atoms with E-state index >= 15 is 0 Å². The second-order valence-electron chi connectivity index (χ2n) is 5.47. The van der Waals surface area contributed by atoms with Gasteiger partial charge in [-0.05, 0) is 50.3 Å². The minimum absolute atomic E-state index is 0.000369. The Balaban J connectivity index is 2.30. The van der Waals surface area contributed by atoms with E-state index in [4.69, 9.17) is 10.7 Å². The molecular weight excluding hydrogens is 317 g/mol. The Bertz CT molecular complexity index is 671. The number of carbonyl (C=O) groups excluding carboxylic acids is 1. The molecule has 1 N–H and O–H groups in total. The summed E-state index contributed by atoms with van der Waals surface area (Å²) < 4.78 is 36.4. The molecular formula is C14H17ClFNO3S. The molecule has 21 heavy (non-hydrogen) atoms. The Hall–Kier alpha value is -1.14. The molecule has 116 valence electrons. The molecule has 1 aromatic carbocycles. The van der Waals surface area contributed by atoms with Crippen LogP contribution >= 0.6 is 10.7 Å². The largest absolute Gasteiger partial charge is 0.349 e. The summed E-state index contributed by atoms with van der Waals surface area (Å²) in [6, 6.07) is 1.83. The molecule has 1 atom stereocenters. The van der Waals surface area contributed by atoms with E-state index in [0.717, 1.165) is 31.4 Å². The van der Waals surface area contributed by atoms with Crippen LogP contribution in [0.2, 0.25) is 0 Å². The zero-order chi connectivity index (χ0) is 15.8. The molecule has 4 nitrogen and oxygen atoms in total. The molecule has 0 saturated heterocycles. The quantitative estimate of drug-likeness (QED) is 0.862. The second kappa shape index (κ2) is 5.93. The highest BCUT2D eigenvalue weighted by Gasteiger charge is 2.27. The summed E-state index contributed by atoms with van der Waals surface area (Å²) in [7, 11) is 1.18. The fourth-order valence-electron chi connectivity index (χ4n) is 2.49. The number of benzene rings is 1. The van der Waals surface area contributed by atoms with Crippen LogP contribution in [0.25, 0.3) is 0 Å². The summed E-state index contributed by atoms with van der Waals surface area (Å²) >= 11 is 0. The first-order chi connectivity index (χ1) is 9.70. The summed E-state index contributed by atoms with van der Waals surface area (Å²) in [4.78, 5) is 11.9. The first kappa shape index (κ1) is 16.2. The van der Waals surface area contributed by atoms with Crippen LogP contribution in [0.5, 0.6) is 0 Å². The lowest BCUT2D eigenvalue weighted by molar-refractivity contribution is 0.0908. The number of halogens is 2. The molecule has 0 aromatic heterocycles. The molecule has 2 rings (SSSR count). The highest BCUT2D eigenvalue weighted by Crippen LogP contribution is 2.30. The van der Waals surface area contributed by atoms with Gasteiger partial charge in [-0.25, -0.2) is 12.8 Å². The topological polar surface area (TPSA) is 63.2 Å². The van der Waals surface area contributed by atoms with Crippen LogP contribution in [-0.4, -0.2) is 20.4 Å². The van der Waals surface area contributed by atoms with Crippen molar-refractivity contribution in [2.24, 2.45) is 5.92 Å². The van der Waals surface area contributed by atoms with Gasteiger partial charge in [0.05, 0.1) is 4.90 Å². The van der Waals surface area contributed by atoms with E-state index in [2.05, 4.69) is 5.32 Å². The fraction of sp³-hybridized carbons (Fsp3) is 0.500. The van der Waals surface area contributed by atoms with Crippen molar-refractivity contribution in [1.82, 2.24) is 5.32 Å². The van der Waals surface area contributed by atoms with Crippen LogP contribution in [0.4, 0.5) is 4.39 Å². The van der Waals surface area contributed by atoms with E-state index in [1.165, 1.54) is 6.92 Å².